The maximum atomic E-state index is 15.2. The number of carbonyl (C=O) groups is 11. The molecule has 4 fully saturated rings. The number of benzene rings is 2. The summed E-state index contributed by atoms with van der Waals surface area (Å²) in [7, 11) is 8.49. The van der Waals surface area contributed by atoms with Crippen molar-refractivity contribution in [3.05, 3.63) is 69.7 Å². The van der Waals surface area contributed by atoms with Gasteiger partial charge in [0.2, 0.25) is 65.0 Å². The number of fused-ring (bicyclic) bond motifs is 1. The van der Waals surface area contributed by atoms with E-state index in [9.17, 15) is 56.3 Å². The molecule has 2 aromatic carbocycles. The van der Waals surface area contributed by atoms with Crippen molar-refractivity contribution in [2.24, 2.45) is 17.8 Å². The molecule has 2 saturated carbocycles. The molecule has 8 atom stereocenters. The summed E-state index contributed by atoms with van der Waals surface area (Å²) in [5.41, 5.74) is -0.690. The molecule has 2 saturated heterocycles. The van der Waals surface area contributed by atoms with Crippen molar-refractivity contribution < 1.29 is 65.9 Å². The van der Waals surface area contributed by atoms with Gasteiger partial charge in [0.05, 0.1) is 30.2 Å². The average Bonchev–Trinajstić information content (AvgIpc) is 1.71. The summed E-state index contributed by atoms with van der Waals surface area (Å²) in [6.45, 7) is 9.23. The normalized spacial score (nSPS) is 25.6. The molecule has 0 radical (unpaired) electrons. The fourth-order valence-electron chi connectivity index (χ4n) is 13.3. The van der Waals surface area contributed by atoms with Crippen LogP contribution < -0.4 is 21.3 Å². The summed E-state index contributed by atoms with van der Waals surface area (Å²) in [6, 6.07) is 2.51. The number of aryl methyl sites for hydroxylation is 2. The Hall–Kier alpha value is -7.31. The second kappa shape index (κ2) is 32.7. The molecule has 2 aliphatic heterocycles. The Morgan fingerprint density at radius 3 is 1.85 bits per heavy atom. The zero-order chi connectivity index (χ0) is 69.0. The van der Waals surface area contributed by atoms with E-state index in [1.807, 2.05) is 39.8 Å². The van der Waals surface area contributed by atoms with E-state index in [-0.39, 0.29) is 69.7 Å². The summed E-state index contributed by atoms with van der Waals surface area (Å²) in [6.07, 6.45) is 0.256. The Bertz CT molecular complexity index is 3050. The molecule has 1 spiro atoms. The van der Waals surface area contributed by atoms with Crippen LogP contribution in [0.15, 0.2) is 42.5 Å². The van der Waals surface area contributed by atoms with Gasteiger partial charge in [-0.3, -0.25) is 52.7 Å². The van der Waals surface area contributed by atoms with Crippen LogP contribution in [0.1, 0.15) is 147 Å². The predicted octanol–water partition coefficient (Wildman–Crippen LogP) is 5.28. The molecule has 26 heteroatoms. The van der Waals surface area contributed by atoms with Crippen molar-refractivity contribution in [1.82, 2.24) is 55.6 Å². The molecule has 514 valence electrons. The first-order chi connectivity index (χ1) is 43.7. The molecule has 4 aliphatic rings. The van der Waals surface area contributed by atoms with Crippen LogP contribution in [-0.2, 0) is 71.8 Å². The van der Waals surface area contributed by atoms with E-state index in [0.29, 0.717) is 49.7 Å². The fraction of sp³-hybridized carbons (Fsp3) is 0.657. The summed E-state index contributed by atoms with van der Waals surface area (Å²) >= 11 is 6.12. The number of hydrogen-bond acceptors (Lipinski definition) is 11. The average molecular weight is 1330 g/mol. The van der Waals surface area contributed by atoms with Gasteiger partial charge in [0.1, 0.15) is 41.8 Å². The van der Waals surface area contributed by atoms with Crippen LogP contribution in [0.3, 0.4) is 0 Å². The Morgan fingerprint density at radius 1 is 0.645 bits per heavy atom. The minimum Gasteiger partial charge on any atom is -0.351 e. The lowest BCUT2D eigenvalue weighted by molar-refractivity contribution is -0.149. The first-order valence-electron chi connectivity index (χ1n) is 32.6. The van der Waals surface area contributed by atoms with Gasteiger partial charge in [0, 0.05) is 67.7 Å². The Kier molecular flexibility index (Phi) is 26.3. The van der Waals surface area contributed by atoms with Crippen LogP contribution in [0.4, 0.5) is 13.2 Å². The van der Waals surface area contributed by atoms with E-state index in [0.717, 1.165) is 50.1 Å². The molecule has 0 bridgehead atoms. The van der Waals surface area contributed by atoms with E-state index in [1.165, 1.54) is 63.1 Å². The number of hydrogen-bond donors (Lipinski definition) is 4. The van der Waals surface area contributed by atoms with Crippen molar-refractivity contribution in [3.8, 4) is 0 Å². The molecule has 6 rings (SSSR count). The van der Waals surface area contributed by atoms with Crippen LogP contribution in [-0.4, -0.2) is 216 Å². The lowest BCUT2D eigenvalue weighted by atomic mass is 9.90. The summed E-state index contributed by atoms with van der Waals surface area (Å²) in [4.78, 5) is 169. The van der Waals surface area contributed by atoms with E-state index in [2.05, 4.69) is 21.3 Å². The highest BCUT2D eigenvalue weighted by Crippen LogP contribution is 2.38. The van der Waals surface area contributed by atoms with Gasteiger partial charge in [-0.2, -0.15) is 13.2 Å². The Labute approximate surface area is 550 Å². The van der Waals surface area contributed by atoms with Crippen LogP contribution in [0.2, 0.25) is 5.02 Å². The largest absolute Gasteiger partial charge is 0.417 e. The van der Waals surface area contributed by atoms with Crippen LogP contribution in [0, 0.1) is 24.7 Å². The van der Waals surface area contributed by atoms with Crippen LogP contribution in [0.25, 0.3) is 0 Å². The standard InChI is InChI=1S/C67H97ClF3N11O11/c1-13-42(5)57-64(92)78(9)38-55(85)76(7)39-56(86)80(11)52(36-45-24-22-41(4)23-25-45)63(91)77(8)37-53(83)73-49(29-27-44-26-28-47(48(68)35-44)67(69,70)71)62(90)82-32-18-21-50(82)60(88)75-66(30-16-17-31-66)65(93)81(12)58(46-19-14-15-20-46)61(89)72-43(6)34-54(84)79(10)51(33-40(2)3)59(87)74-57/h22-26,28,35,40,42-43,46,49-52,57-58H,13-21,27,29-34,36-39H2,1-12H3,(H,72,89)(H,73,83)(H,74,87)(H,75,88)/t42-,43+,49-,50-,51-,52-,57-,58-/m0/s1. The number of carbonyl (C=O) groups excluding carboxylic acids is 11. The molecule has 4 N–H and O–H groups in total. The number of rotatable bonds is 10. The topological polar surface area (TPSA) is 259 Å². The number of likely N-dealkylation sites (N-methyl/N-ethyl adjacent to an activating group) is 6. The molecule has 11 amide bonds. The zero-order valence-electron chi connectivity index (χ0n) is 56.1. The number of nitrogens with one attached hydrogen (secondary N) is 4. The van der Waals surface area contributed by atoms with Crippen molar-refractivity contribution in [3.63, 3.8) is 0 Å². The van der Waals surface area contributed by atoms with Gasteiger partial charge in [-0.15, -0.1) is 0 Å². The molecule has 2 heterocycles. The third kappa shape index (κ3) is 19.2. The monoisotopic (exact) mass is 1320 g/mol. The van der Waals surface area contributed by atoms with Crippen molar-refractivity contribution in [1.29, 1.82) is 0 Å². The second-order valence-corrected chi connectivity index (χ2v) is 27.2. The van der Waals surface area contributed by atoms with Gasteiger partial charge in [-0.25, -0.2) is 0 Å². The van der Waals surface area contributed by atoms with Crippen molar-refractivity contribution in [2.75, 3.05) is 68.5 Å². The third-order valence-electron chi connectivity index (χ3n) is 19.1. The SMILES string of the molecule is CC[C@H](C)[C@@H]1NC(=O)[C@H](CC(C)C)N(C)C(=O)C[C@@H](C)NC(=O)[C@H](C2CCCC2)N(C)C(=O)C2(CCCC2)NC(=O)[C@@H]2CCCN2C(=O)[C@H](CCc2ccc(C(F)(F)F)c(Cl)c2)NC(=O)CN(C)C(=O)[C@H](Cc2ccc(C)cc2)N(C)C(=O)CN(C)C(=O)CN(C)C1=O. The first-order valence-corrected chi connectivity index (χ1v) is 33.0. The molecule has 0 unspecified atom stereocenters. The number of alkyl halides is 3. The Balaban J connectivity index is 1.38. The van der Waals surface area contributed by atoms with Gasteiger partial charge in [-0.05, 0) is 113 Å². The van der Waals surface area contributed by atoms with Gasteiger partial charge < -0.3 is 55.6 Å². The van der Waals surface area contributed by atoms with Crippen molar-refractivity contribution in [2.45, 2.75) is 198 Å². The number of halogens is 4. The van der Waals surface area contributed by atoms with Gasteiger partial charge >= 0.3 is 6.18 Å². The van der Waals surface area contributed by atoms with E-state index >= 15 is 9.59 Å². The quantitative estimate of drug-likeness (QED) is 0.238. The molecule has 2 aromatic rings. The summed E-state index contributed by atoms with van der Waals surface area (Å²) in [5, 5.41) is 11.1. The Morgan fingerprint density at radius 2 is 1.25 bits per heavy atom. The summed E-state index contributed by atoms with van der Waals surface area (Å²) in [5.74, 6) is -7.76. The van der Waals surface area contributed by atoms with Crippen LogP contribution in [0.5, 0.6) is 0 Å². The highest BCUT2D eigenvalue weighted by Gasteiger charge is 2.50. The molecule has 2 aliphatic carbocycles. The van der Waals surface area contributed by atoms with Gasteiger partial charge in [0.15, 0.2) is 0 Å². The van der Waals surface area contributed by atoms with E-state index < -0.39 is 155 Å². The highest BCUT2D eigenvalue weighted by atomic mass is 35.5. The lowest BCUT2D eigenvalue weighted by Gasteiger charge is -2.40. The predicted molar refractivity (Wildman–Crippen MR) is 343 cm³/mol. The third-order valence-corrected chi connectivity index (χ3v) is 19.4. The van der Waals surface area contributed by atoms with Crippen LogP contribution >= 0.6 is 11.6 Å². The fourth-order valence-corrected chi connectivity index (χ4v) is 13.6. The lowest BCUT2D eigenvalue weighted by Crippen LogP contribution is -2.64. The molecular weight excluding hydrogens is 1230 g/mol. The minimum atomic E-state index is -4.75. The first kappa shape index (κ1) is 74.7. The number of nitrogens with zero attached hydrogens (tertiary/aromatic N) is 7. The van der Waals surface area contributed by atoms with Crippen molar-refractivity contribution >= 4 is 76.6 Å². The van der Waals surface area contributed by atoms with E-state index in [1.54, 1.807) is 26.0 Å². The van der Waals surface area contributed by atoms with E-state index in [4.69, 9.17) is 11.6 Å². The minimum absolute atomic E-state index is 0.0408. The molecular formula is C67H97ClF3N11O11. The maximum absolute atomic E-state index is 15.2. The number of amides is 11. The maximum Gasteiger partial charge on any atom is 0.417 e. The smallest absolute Gasteiger partial charge is 0.351 e. The van der Waals surface area contributed by atoms with Gasteiger partial charge in [0.25, 0.3) is 0 Å². The zero-order valence-corrected chi connectivity index (χ0v) is 56.8. The van der Waals surface area contributed by atoms with Gasteiger partial charge in [-0.1, -0.05) is 107 Å². The highest BCUT2D eigenvalue weighted by molar-refractivity contribution is 6.31. The molecule has 93 heavy (non-hydrogen) atoms. The molecule has 0 aromatic heterocycles. The second-order valence-electron chi connectivity index (χ2n) is 26.8. The summed E-state index contributed by atoms with van der Waals surface area (Å²) < 4.78 is 41.4. The molecule has 22 nitrogen and oxygen atoms in total.